The first-order valence-corrected chi connectivity index (χ1v) is 14.6. The second-order valence-corrected chi connectivity index (χ2v) is 10.9. The van der Waals surface area contributed by atoms with Crippen LogP contribution in [-0.4, -0.2) is 49.2 Å². The molecule has 0 aliphatic carbocycles. The molecule has 6 rings (SSSR count). The van der Waals surface area contributed by atoms with Crippen molar-refractivity contribution in [2.24, 2.45) is 0 Å². The highest BCUT2D eigenvalue weighted by Gasteiger charge is 2.53. The van der Waals surface area contributed by atoms with Crippen LogP contribution in [0, 0.1) is 22.7 Å². The lowest BCUT2D eigenvalue weighted by molar-refractivity contribution is -0.174. The lowest BCUT2D eigenvalue weighted by atomic mass is 9.76. The number of nitrogens with one attached hydrogen (secondary N) is 2. The first-order chi connectivity index (χ1) is 23.3. The van der Waals surface area contributed by atoms with Crippen molar-refractivity contribution in [1.29, 1.82) is 10.5 Å². The lowest BCUT2D eigenvalue weighted by Gasteiger charge is -2.34. The molecule has 0 fully saturated rings. The zero-order valence-electron chi connectivity index (χ0n) is 25.4. The van der Waals surface area contributed by atoms with Gasteiger partial charge in [-0.2, -0.15) is 10.5 Å². The number of H-pyrrole nitrogens is 2. The molecular formula is C37H26N6O5. The van der Waals surface area contributed by atoms with Crippen molar-refractivity contribution in [2.75, 3.05) is 7.11 Å². The van der Waals surface area contributed by atoms with Gasteiger partial charge in [0.1, 0.15) is 5.92 Å². The number of fused-ring (bicyclic) bond motifs is 2. The van der Waals surface area contributed by atoms with E-state index in [1.165, 1.54) is 18.2 Å². The molecule has 0 radical (unpaired) electrons. The number of carbonyl (C=O) groups is 2. The van der Waals surface area contributed by atoms with E-state index in [9.17, 15) is 30.3 Å². The quantitative estimate of drug-likeness (QED) is 0.124. The third-order valence-corrected chi connectivity index (χ3v) is 8.25. The van der Waals surface area contributed by atoms with Gasteiger partial charge in [0.15, 0.2) is 0 Å². The van der Waals surface area contributed by atoms with Crippen LogP contribution in [0.3, 0.4) is 0 Å². The number of ether oxygens (including phenoxy) is 1. The van der Waals surface area contributed by atoms with E-state index >= 15 is 0 Å². The topological polar surface area (TPSA) is 189 Å². The number of hydrogen-bond donors (Lipinski definition) is 4. The largest absolute Gasteiger partial charge is 0.481 e. The number of aromatic amines is 2. The Hall–Kier alpha value is -6.82. The van der Waals surface area contributed by atoms with Crippen molar-refractivity contribution in [3.8, 4) is 12.1 Å². The van der Waals surface area contributed by atoms with Gasteiger partial charge in [0.05, 0.1) is 23.3 Å². The van der Waals surface area contributed by atoms with Gasteiger partial charge in [-0.25, -0.2) is 4.79 Å². The number of aliphatic carboxylic acids is 2. The minimum Gasteiger partial charge on any atom is -0.481 e. The molecule has 0 saturated carbocycles. The molecule has 48 heavy (non-hydrogen) atoms. The van der Waals surface area contributed by atoms with Gasteiger partial charge in [0.2, 0.25) is 5.60 Å². The molecule has 4 heterocycles. The number of aromatic nitrogens is 4. The molecule has 234 valence electrons. The fourth-order valence-electron chi connectivity index (χ4n) is 6.00. The van der Waals surface area contributed by atoms with Gasteiger partial charge in [-0.05, 0) is 70.8 Å². The highest BCUT2D eigenvalue weighted by Crippen LogP contribution is 2.43. The summed E-state index contributed by atoms with van der Waals surface area (Å²) >= 11 is 0. The van der Waals surface area contributed by atoms with Gasteiger partial charge in [0, 0.05) is 77.2 Å². The fraction of sp³-hybridized carbons (Fsp3) is 0.0811. The number of nitriles is 2. The predicted molar refractivity (Wildman–Crippen MR) is 179 cm³/mol. The van der Waals surface area contributed by atoms with E-state index in [-0.39, 0.29) is 16.7 Å². The van der Waals surface area contributed by atoms with Crippen molar-refractivity contribution < 1.29 is 24.5 Å². The summed E-state index contributed by atoms with van der Waals surface area (Å²) in [6.45, 7) is 0. The minimum absolute atomic E-state index is 0.0560. The van der Waals surface area contributed by atoms with E-state index in [1.807, 2.05) is 0 Å². The SMILES string of the molecule is COC(C(=O)O)(c1ccc2[nH]cc(/C(C#N)=C/c3cccnc3)c2c1)C(C(=O)O)c1ccc2[nH]cc(/C(C#N)=C/c3cccnc3)c2c1. The van der Waals surface area contributed by atoms with Gasteiger partial charge in [-0.15, -0.1) is 0 Å². The van der Waals surface area contributed by atoms with Crippen molar-refractivity contribution in [3.05, 3.63) is 131 Å². The summed E-state index contributed by atoms with van der Waals surface area (Å²) in [6, 6.07) is 20.9. The molecule has 0 amide bonds. The second kappa shape index (κ2) is 12.9. The van der Waals surface area contributed by atoms with E-state index in [2.05, 4.69) is 32.1 Å². The number of hydrogen-bond acceptors (Lipinski definition) is 7. The Labute approximate surface area is 273 Å². The van der Waals surface area contributed by atoms with E-state index in [1.54, 1.807) is 91.8 Å². The average Bonchev–Trinajstić information content (AvgIpc) is 3.73. The van der Waals surface area contributed by atoms with E-state index in [0.29, 0.717) is 49.6 Å². The molecule has 6 aromatic rings. The molecular weight excluding hydrogens is 608 g/mol. The number of benzene rings is 2. The lowest BCUT2D eigenvalue weighted by Crippen LogP contribution is -2.46. The first kappa shape index (κ1) is 31.2. The molecule has 11 nitrogen and oxygen atoms in total. The maximum Gasteiger partial charge on any atom is 0.341 e. The Balaban J connectivity index is 1.51. The Morgan fingerprint density at radius 1 is 0.833 bits per heavy atom. The van der Waals surface area contributed by atoms with Gasteiger partial charge in [0.25, 0.3) is 0 Å². The van der Waals surface area contributed by atoms with E-state index in [0.717, 1.165) is 7.11 Å². The molecule has 4 aromatic heterocycles. The summed E-state index contributed by atoms with van der Waals surface area (Å²) in [6.07, 6.45) is 13.1. The van der Waals surface area contributed by atoms with Crippen LogP contribution in [0.1, 0.15) is 39.3 Å². The highest BCUT2D eigenvalue weighted by atomic mass is 16.5. The number of carboxylic acids is 2. The van der Waals surface area contributed by atoms with Crippen LogP contribution in [0.5, 0.6) is 0 Å². The van der Waals surface area contributed by atoms with E-state index < -0.39 is 23.5 Å². The van der Waals surface area contributed by atoms with Crippen LogP contribution >= 0.6 is 0 Å². The van der Waals surface area contributed by atoms with Gasteiger partial charge >= 0.3 is 11.9 Å². The molecule has 2 atom stereocenters. The van der Waals surface area contributed by atoms with Crippen LogP contribution in [-0.2, 0) is 19.9 Å². The number of methoxy groups -OCH3 is 1. The normalized spacial score (nSPS) is 13.8. The molecule has 0 bridgehead atoms. The standard InChI is InChI=1S/C37H26N6O5/c1-48-37(36(46)47,27-7-9-33-29(15-27)31(21-43-33)26(17-39)13-23-5-3-11-41-19-23)34(35(44)45)24-6-8-32-28(14-24)30(20-42-32)25(16-38)12-22-4-2-10-40-18-22/h2-15,18-21,34,42-43H,1H3,(H,44,45)(H,46,47)/b25-12+,26-13+. The van der Waals surface area contributed by atoms with Crippen molar-refractivity contribution in [1.82, 2.24) is 19.9 Å². The molecule has 0 aliphatic heterocycles. The summed E-state index contributed by atoms with van der Waals surface area (Å²) in [7, 11) is 1.15. The third-order valence-electron chi connectivity index (χ3n) is 8.25. The Morgan fingerprint density at radius 2 is 1.38 bits per heavy atom. The Bertz CT molecular complexity index is 2330. The second-order valence-electron chi connectivity index (χ2n) is 10.9. The molecule has 2 aromatic carbocycles. The average molecular weight is 635 g/mol. The number of nitrogens with zero attached hydrogens (tertiary/aromatic N) is 4. The summed E-state index contributed by atoms with van der Waals surface area (Å²) in [5.41, 5.74) is 1.98. The van der Waals surface area contributed by atoms with Crippen LogP contribution in [0.25, 0.3) is 45.1 Å². The van der Waals surface area contributed by atoms with E-state index in [4.69, 9.17) is 4.74 Å². The summed E-state index contributed by atoms with van der Waals surface area (Å²) in [5, 5.41) is 42.6. The molecule has 0 saturated heterocycles. The fourth-order valence-corrected chi connectivity index (χ4v) is 6.00. The van der Waals surface area contributed by atoms with Crippen molar-refractivity contribution >= 4 is 57.0 Å². The molecule has 0 spiro atoms. The monoisotopic (exact) mass is 634 g/mol. The zero-order chi connectivity index (χ0) is 33.8. The van der Waals surface area contributed by atoms with Gasteiger partial charge in [-0.3, -0.25) is 14.8 Å². The number of carboxylic acid groups (broad SMARTS) is 2. The number of rotatable bonds is 10. The highest BCUT2D eigenvalue weighted by molar-refractivity contribution is 6.03. The summed E-state index contributed by atoms with van der Waals surface area (Å²) < 4.78 is 5.73. The molecule has 11 heteroatoms. The Morgan fingerprint density at radius 3 is 1.83 bits per heavy atom. The third kappa shape index (κ3) is 5.47. The molecule has 2 unspecified atom stereocenters. The zero-order valence-corrected chi connectivity index (χ0v) is 25.4. The maximum atomic E-state index is 13.3. The van der Waals surface area contributed by atoms with Crippen LogP contribution in [0.2, 0.25) is 0 Å². The molecule has 0 aliphatic rings. The van der Waals surface area contributed by atoms with Crippen LogP contribution in [0.15, 0.2) is 97.8 Å². The predicted octanol–water partition coefficient (Wildman–Crippen LogP) is 6.36. The van der Waals surface area contributed by atoms with Crippen LogP contribution in [0.4, 0.5) is 0 Å². The minimum atomic E-state index is -2.40. The number of allylic oxidation sites excluding steroid dienone is 2. The summed E-state index contributed by atoms with van der Waals surface area (Å²) in [4.78, 5) is 40.8. The maximum absolute atomic E-state index is 13.3. The molecule has 4 N–H and O–H groups in total. The van der Waals surface area contributed by atoms with Gasteiger partial charge < -0.3 is 24.9 Å². The van der Waals surface area contributed by atoms with Crippen molar-refractivity contribution in [3.63, 3.8) is 0 Å². The van der Waals surface area contributed by atoms with Crippen LogP contribution < -0.4 is 0 Å². The Kier molecular flexibility index (Phi) is 8.37. The smallest absolute Gasteiger partial charge is 0.341 e. The van der Waals surface area contributed by atoms with Crippen molar-refractivity contribution in [2.45, 2.75) is 11.5 Å². The summed E-state index contributed by atoms with van der Waals surface area (Å²) in [5.74, 6) is -4.70. The first-order valence-electron chi connectivity index (χ1n) is 14.6. The number of pyridine rings is 2. The van der Waals surface area contributed by atoms with Gasteiger partial charge in [-0.1, -0.05) is 24.3 Å².